The summed E-state index contributed by atoms with van der Waals surface area (Å²) in [5.74, 6) is -1.01. The first-order valence-electron chi connectivity index (χ1n) is 5.74. The van der Waals surface area contributed by atoms with Crippen molar-refractivity contribution in [3.05, 3.63) is 62.8 Å². The summed E-state index contributed by atoms with van der Waals surface area (Å²) in [7, 11) is 0. The fourth-order valence-corrected chi connectivity index (χ4v) is 2.47. The molecule has 0 fully saturated rings. The third-order valence-electron chi connectivity index (χ3n) is 2.67. The van der Waals surface area contributed by atoms with E-state index in [1.54, 1.807) is 12.1 Å². The van der Waals surface area contributed by atoms with E-state index in [1.807, 2.05) is 0 Å². The minimum absolute atomic E-state index is 0.125. The first-order valence-corrected chi connectivity index (χ1v) is 7.32. The molecule has 2 aromatic rings. The SMILES string of the molecule is NC(=S)c1ccc(Cl)cc1NC(=O)c1cc(F)ccc1Br. The van der Waals surface area contributed by atoms with E-state index in [0.717, 1.165) is 6.07 Å². The Hall–Kier alpha value is -1.50. The summed E-state index contributed by atoms with van der Waals surface area (Å²) in [5, 5.41) is 3.05. The smallest absolute Gasteiger partial charge is 0.256 e. The minimum Gasteiger partial charge on any atom is -0.389 e. The number of rotatable bonds is 3. The topological polar surface area (TPSA) is 55.1 Å². The van der Waals surface area contributed by atoms with Gasteiger partial charge in [0.05, 0.1) is 11.3 Å². The van der Waals surface area contributed by atoms with E-state index in [9.17, 15) is 9.18 Å². The fourth-order valence-electron chi connectivity index (χ4n) is 1.70. The van der Waals surface area contributed by atoms with E-state index in [2.05, 4.69) is 21.2 Å². The minimum atomic E-state index is -0.510. The van der Waals surface area contributed by atoms with E-state index < -0.39 is 11.7 Å². The van der Waals surface area contributed by atoms with Gasteiger partial charge in [-0.3, -0.25) is 4.79 Å². The van der Waals surface area contributed by atoms with Gasteiger partial charge < -0.3 is 11.1 Å². The van der Waals surface area contributed by atoms with Crippen molar-refractivity contribution in [2.45, 2.75) is 0 Å². The maximum Gasteiger partial charge on any atom is 0.256 e. The molecule has 2 aromatic carbocycles. The maximum absolute atomic E-state index is 13.3. The van der Waals surface area contributed by atoms with Crippen LogP contribution in [0, 0.1) is 5.82 Å². The molecular weight excluding hydrogens is 379 g/mol. The quantitative estimate of drug-likeness (QED) is 0.779. The summed E-state index contributed by atoms with van der Waals surface area (Å²) < 4.78 is 13.7. The number of hydrogen-bond donors (Lipinski definition) is 2. The largest absolute Gasteiger partial charge is 0.389 e. The van der Waals surface area contributed by atoms with Crippen molar-refractivity contribution in [1.29, 1.82) is 0 Å². The van der Waals surface area contributed by atoms with Gasteiger partial charge in [0, 0.05) is 15.1 Å². The number of halogens is 3. The summed E-state index contributed by atoms with van der Waals surface area (Å²) in [4.78, 5) is 12.4. The van der Waals surface area contributed by atoms with E-state index in [1.165, 1.54) is 18.2 Å². The Morgan fingerprint density at radius 1 is 1.24 bits per heavy atom. The van der Waals surface area contributed by atoms with Crippen LogP contribution >= 0.6 is 39.7 Å². The lowest BCUT2D eigenvalue weighted by molar-refractivity contribution is 0.102. The monoisotopic (exact) mass is 386 g/mol. The van der Waals surface area contributed by atoms with Crippen LogP contribution < -0.4 is 11.1 Å². The predicted octanol–water partition coefficient (Wildman–Crippen LogP) is 4.13. The zero-order chi connectivity index (χ0) is 15.6. The summed E-state index contributed by atoms with van der Waals surface area (Å²) >= 11 is 14.0. The highest BCUT2D eigenvalue weighted by atomic mass is 79.9. The number of amides is 1. The highest BCUT2D eigenvalue weighted by Gasteiger charge is 2.14. The molecule has 0 saturated carbocycles. The number of nitrogens with two attached hydrogens (primary N) is 1. The summed E-state index contributed by atoms with van der Waals surface area (Å²) in [6.45, 7) is 0. The van der Waals surface area contributed by atoms with Gasteiger partial charge in [0.15, 0.2) is 0 Å². The molecule has 0 atom stereocenters. The van der Waals surface area contributed by atoms with Gasteiger partial charge in [-0.1, -0.05) is 23.8 Å². The van der Waals surface area contributed by atoms with Crippen LogP contribution in [0.25, 0.3) is 0 Å². The van der Waals surface area contributed by atoms with Crippen molar-refractivity contribution in [3.63, 3.8) is 0 Å². The fraction of sp³-hybridized carbons (Fsp3) is 0. The van der Waals surface area contributed by atoms with E-state index >= 15 is 0 Å². The maximum atomic E-state index is 13.3. The number of nitrogens with one attached hydrogen (secondary N) is 1. The molecule has 108 valence electrons. The van der Waals surface area contributed by atoms with Crippen molar-refractivity contribution in [2.24, 2.45) is 5.73 Å². The number of benzene rings is 2. The number of thiocarbonyl (C=S) groups is 1. The molecule has 21 heavy (non-hydrogen) atoms. The standard InChI is InChI=1S/C14H9BrClFN2OS/c15-11-4-2-8(17)6-10(11)14(20)19-12-5-7(16)1-3-9(12)13(18)21/h1-6H,(H2,18,21)(H,19,20). The number of hydrogen-bond acceptors (Lipinski definition) is 2. The predicted molar refractivity (Wildman–Crippen MR) is 89.4 cm³/mol. The Morgan fingerprint density at radius 2 is 1.95 bits per heavy atom. The van der Waals surface area contributed by atoms with Crippen LogP contribution in [0.1, 0.15) is 15.9 Å². The van der Waals surface area contributed by atoms with Crippen LogP contribution in [0.5, 0.6) is 0 Å². The lowest BCUT2D eigenvalue weighted by Crippen LogP contribution is -2.18. The number of carbonyl (C=O) groups excluding carboxylic acids is 1. The van der Waals surface area contributed by atoms with Crippen LogP contribution in [-0.2, 0) is 0 Å². The van der Waals surface area contributed by atoms with E-state index in [4.69, 9.17) is 29.6 Å². The molecule has 0 saturated heterocycles. The van der Waals surface area contributed by atoms with Gasteiger partial charge in [0.25, 0.3) is 5.91 Å². The highest BCUT2D eigenvalue weighted by Crippen LogP contribution is 2.24. The van der Waals surface area contributed by atoms with Gasteiger partial charge in [0.2, 0.25) is 0 Å². The number of carbonyl (C=O) groups is 1. The molecule has 2 rings (SSSR count). The molecule has 0 unspecified atom stereocenters. The normalized spacial score (nSPS) is 10.2. The zero-order valence-corrected chi connectivity index (χ0v) is 13.7. The summed E-state index contributed by atoms with van der Waals surface area (Å²) in [6.07, 6.45) is 0. The van der Waals surface area contributed by atoms with Crippen molar-refractivity contribution >= 4 is 56.3 Å². The Morgan fingerprint density at radius 3 is 2.62 bits per heavy atom. The average Bonchev–Trinajstić information content (AvgIpc) is 2.41. The van der Waals surface area contributed by atoms with E-state index in [0.29, 0.717) is 20.7 Å². The molecule has 0 aliphatic heterocycles. The van der Waals surface area contributed by atoms with Crippen molar-refractivity contribution < 1.29 is 9.18 Å². The van der Waals surface area contributed by atoms with Crippen LogP contribution in [0.15, 0.2) is 40.9 Å². The Labute approximate surface area is 139 Å². The van der Waals surface area contributed by atoms with Crippen molar-refractivity contribution in [3.8, 4) is 0 Å². The Kier molecular flexibility index (Phi) is 4.92. The van der Waals surface area contributed by atoms with Crippen molar-refractivity contribution in [1.82, 2.24) is 0 Å². The van der Waals surface area contributed by atoms with Gasteiger partial charge in [-0.25, -0.2) is 4.39 Å². The molecule has 0 aliphatic rings. The number of anilines is 1. The zero-order valence-electron chi connectivity index (χ0n) is 10.5. The second-order valence-electron chi connectivity index (χ2n) is 4.13. The van der Waals surface area contributed by atoms with Crippen LogP contribution in [0.4, 0.5) is 10.1 Å². The van der Waals surface area contributed by atoms with Gasteiger partial charge >= 0.3 is 0 Å². The summed E-state index contributed by atoms with van der Waals surface area (Å²) in [6, 6.07) is 8.59. The highest BCUT2D eigenvalue weighted by molar-refractivity contribution is 9.10. The lowest BCUT2D eigenvalue weighted by Gasteiger charge is -2.11. The molecule has 7 heteroatoms. The molecule has 0 aliphatic carbocycles. The Balaban J connectivity index is 2.38. The molecule has 0 aromatic heterocycles. The molecule has 0 spiro atoms. The first kappa shape index (κ1) is 15.9. The van der Waals surface area contributed by atoms with Gasteiger partial charge in [-0.2, -0.15) is 0 Å². The molecule has 0 heterocycles. The van der Waals surface area contributed by atoms with Crippen LogP contribution in [-0.4, -0.2) is 10.9 Å². The van der Waals surface area contributed by atoms with Crippen LogP contribution in [0.2, 0.25) is 5.02 Å². The molecular formula is C14H9BrClFN2OS. The lowest BCUT2D eigenvalue weighted by atomic mass is 10.1. The van der Waals surface area contributed by atoms with Crippen LogP contribution in [0.3, 0.4) is 0 Å². The summed E-state index contributed by atoms with van der Waals surface area (Å²) in [5.41, 5.74) is 6.61. The third-order valence-corrected chi connectivity index (χ3v) is 3.81. The molecule has 0 bridgehead atoms. The second kappa shape index (κ2) is 6.51. The third kappa shape index (κ3) is 3.78. The van der Waals surface area contributed by atoms with E-state index in [-0.39, 0.29) is 10.6 Å². The van der Waals surface area contributed by atoms with Gasteiger partial charge in [-0.15, -0.1) is 0 Å². The molecule has 1 amide bonds. The molecule has 3 N–H and O–H groups in total. The van der Waals surface area contributed by atoms with Crippen molar-refractivity contribution in [2.75, 3.05) is 5.32 Å². The van der Waals surface area contributed by atoms with Gasteiger partial charge in [-0.05, 0) is 52.3 Å². The molecule has 0 radical (unpaired) electrons. The molecule has 3 nitrogen and oxygen atoms in total. The average molecular weight is 388 g/mol. The second-order valence-corrected chi connectivity index (χ2v) is 5.86. The first-order chi connectivity index (χ1) is 9.88. The van der Waals surface area contributed by atoms with Gasteiger partial charge in [0.1, 0.15) is 10.8 Å². The Bertz CT molecular complexity index is 739.